The molecule has 6 nitrogen and oxygen atoms in total. The molecule has 0 aliphatic rings. The molecule has 2 amide bonds. The number of hydrogen-bond acceptors (Lipinski definition) is 4. The molecule has 7 heteroatoms. The number of hydrogen-bond donors (Lipinski definition) is 2. The molecule has 2 aromatic carbocycles. The number of carbonyl (C=O) groups is 1. The van der Waals surface area contributed by atoms with Gasteiger partial charge in [0.15, 0.2) is 0 Å². The van der Waals surface area contributed by atoms with E-state index in [1.165, 1.54) is 0 Å². The van der Waals surface area contributed by atoms with Crippen LogP contribution in [0.25, 0.3) is 10.9 Å². The number of pyridine rings is 1. The lowest BCUT2D eigenvalue weighted by molar-refractivity contribution is 0.192. The molecule has 2 aromatic heterocycles. The summed E-state index contributed by atoms with van der Waals surface area (Å²) in [4.78, 5) is 31.4. The molecule has 0 fully saturated rings. The van der Waals surface area contributed by atoms with E-state index in [-0.39, 0.29) is 18.1 Å². The number of thiophene rings is 1. The van der Waals surface area contributed by atoms with Gasteiger partial charge in [-0.25, -0.2) is 4.79 Å². The van der Waals surface area contributed by atoms with E-state index in [4.69, 9.17) is 4.74 Å². The van der Waals surface area contributed by atoms with Crippen LogP contribution in [0.4, 0.5) is 4.79 Å². The molecule has 0 saturated heterocycles. The minimum atomic E-state index is -0.218. The van der Waals surface area contributed by atoms with Gasteiger partial charge >= 0.3 is 6.03 Å². The Labute approximate surface area is 190 Å². The number of urea groups is 1. The number of nitrogens with one attached hydrogen (secondary N) is 2. The highest BCUT2D eigenvalue weighted by Gasteiger charge is 2.17. The highest BCUT2D eigenvalue weighted by Crippen LogP contribution is 2.20. The summed E-state index contributed by atoms with van der Waals surface area (Å²) in [6.07, 6.45) is 0. The van der Waals surface area contributed by atoms with Gasteiger partial charge in [0.05, 0.1) is 19.7 Å². The molecule has 2 N–H and O–H groups in total. The van der Waals surface area contributed by atoms with E-state index in [2.05, 4.69) is 10.3 Å². The first kappa shape index (κ1) is 21.6. The second kappa shape index (κ2) is 10.2. The molecule has 0 saturated carbocycles. The summed E-state index contributed by atoms with van der Waals surface area (Å²) in [5.41, 5.74) is 2.08. The summed E-state index contributed by atoms with van der Waals surface area (Å²) in [5, 5.41) is 5.82. The molecule has 164 valence electrons. The van der Waals surface area contributed by atoms with Crippen LogP contribution in [0.15, 0.2) is 76.9 Å². The molecule has 32 heavy (non-hydrogen) atoms. The van der Waals surface area contributed by atoms with E-state index in [9.17, 15) is 9.59 Å². The lowest BCUT2D eigenvalue weighted by Gasteiger charge is -2.22. The normalized spacial score (nSPS) is 10.8. The van der Waals surface area contributed by atoms with Crippen molar-refractivity contribution >= 4 is 28.3 Å². The smallest absolute Gasteiger partial charge is 0.318 e. The van der Waals surface area contributed by atoms with Crippen molar-refractivity contribution in [1.82, 2.24) is 15.2 Å². The largest absolute Gasteiger partial charge is 0.494 e. The van der Waals surface area contributed by atoms with Crippen LogP contribution in [0, 0.1) is 0 Å². The molecule has 0 spiro atoms. The van der Waals surface area contributed by atoms with Crippen molar-refractivity contribution in [3.63, 3.8) is 0 Å². The Morgan fingerprint density at radius 3 is 2.66 bits per heavy atom. The maximum Gasteiger partial charge on any atom is 0.318 e. The molecule has 4 aromatic rings. The number of H-pyrrole nitrogens is 1. The van der Waals surface area contributed by atoms with Gasteiger partial charge < -0.3 is 19.9 Å². The maximum absolute atomic E-state index is 13.0. The van der Waals surface area contributed by atoms with Gasteiger partial charge in [-0.05, 0) is 48.2 Å². The van der Waals surface area contributed by atoms with Crippen LogP contribution < -0.4 is 15.6 Å². The Hall–Kier alpha value is -3.58. The predicted molar refractivity (Wildman–Crippen MR) is 128 cm³/mol. The van der Waals surface area contributed by atoms with E-state index in [1.807, 2.05) is 79.0 Å². The van der Waals surface area contributed by atoms with Crippen LogP contribution in [-0.4, -0.2) is 22.5 Å². The number of fused-ring (bicyclic) bond motifs is 1. The van der Waals surface area contributed by atoms with E-state index < -0.39 is 0 Å². The average molecular weight is 448 g/mol. The van der Waals surface area contributed by atoms with Crippen molar-refractivity contribution in [2.24, 2.45) is 0 Å². The molecule has 0 aliphatic carbocycles. The van der Waals surface area contributed by atoms with Crippen LogP contribution in [-0.2, 0) is 19.6 Å². The van der Waals surface area contributed by atoms with Gasteiger partial charge in [0, 0.05) is 27.9 Å². The highest BCUT2D eigenvalue weighted by atomic mass is 32.1. The van der Waals surface area contributed by atoms with Gasteiger partial charge in [0.1, 0.15) is 5.75 Å². The van der Waals surface area contributed by atoms with Crippen molar-refractivity contribution in [2.45, 2.75) is 26.6 Å². The van der Waals surface area contributed by atoms with Gasteiger partial charge in [-0.15, -0.1) is 11.3 Å². The SMILES string of the molecule is CCOc1ccc2[nH]c(=O)c(CN(Cc3cccs3)C(=O)NCc3ccccc3)cc2c1. The molecule has 4 rings (SSSR count). The van der Waals surface area contributed by atoms with Crippen LogP contribution in [0.3, 0.4) is 0 Å². The fourth-order valence-electron chi connectivity index (χ4n) is 3.48. The van der Waals surface area contributed by atoms with Crippen LogP contribution >= 0.6 is 11.3 Å². The Balaban J connectivity index is 1.58. The topological polar surface area (TPSA) is 74.4 Å². The third-order valence-corrected chi connectivity index (χ3v) is 5.93. The zero-order valence-corrected chi connectivity index (χ0v) is 18.7. The number of nitrogens with zero attached hydrogens (tertiary/aromatic N) is 1. The van der Waals surface area contributed by atoms with E-state index in [1.54, 1.807) is 16.2 Å². The molecule has 0 atom stereocenters. The van der Waals surface area contributed by atoms with Crippen molar-refractivity contribution in [2.75, 3.05) is 6.61 Å². The van der Waals surface area contributed by atoms with Gasteiger partial charge in [0.2, 0.25) is 0 Å². The lowest BCUT2D eigenvalue weighted by Crippen LogP contribution is -2.39. The zero-order valence-electron chi connectivity index (χ0n) is 17.8. The van der Waals surface area contributed by atoms with Crippen LogP contribution in [0.1, 0.15) is 22.9 Å². The van der Waals surface area contributed by atoms with Gasteiger partial charge in [-0.3, -0.25) is 4.79 Å². The van der Waals surface area contributed by atoms with E-state index in [0.29, 0.717) is 25.3 Å². The first-order valence-electron chi connectivity index (χ1n) is 10.5. The molecule has 0 unspecified atom stereocenters. The van der Waals surface area contributed by atoms with Crippen molar-refractivity contribution in [3.05, 3.63) is 98.5 Å². The summed E-state index contributed by atoms with van der Waals surface area (Å²) < 4.78 is 5.58. The van der Waals surface area contributed by atoms with Gasteiger partial charge in [-0.2, -0.15) is 0 Å². The number of ether oxygens (including phenoxy) is 1. The van der Waals surface area contributed by atoms with Crippen LogP contribution in [0.5, 0.6) is 5.75 Å². The first-order valence-corrected chi connectivity index (χ1v) is 11.4. The van der Waals surface area contributed by atoms with Crippen molar-refractivity contribution in [1.29, 1.82) is 0 Å². The van der Waals surface area contributed by atoms with Gasteiger partial charge in [-0.1, -0.05) is 36.4 Å². The molecule has 2 heterocycles. The molecular weight excluding hydrogens is 422 g/mol. The number of aromatic nitrogens is 1. The Kier molecular flexibility index (Phi) is 6.87. The number of benzene rings is 2. The quantitative estimate of drug-likeness (QED) is 0.403. The Morgan fingerprint density at radius 2 is 1.91 bits per heavy atom. The summed E-state index contributed by atoms with van der Waals surface area (Å²) >= 11 is 1.58. The minimum Gasteiger partial charge on any atom is -0.494 e. The number of rotatable bonds is 8. The lowest BCUT2D eigenvalue weighted by atomic mass is 10.1. The summed E-state index contributed by atoms with van der Waals surface area (Å²) in [7, 11) is 0. The summed E-state index contributed by atoms with van der Waals surface area (Å²) in [6.45, 7) is 3.54. The average Bonchev–Trinajstić information content (AvgIpc) is 3.32. The highest BCUT2D eigenvalue weighted by molar-refractivity contribution is 7.09. The fourth-order valence-corrected chi connectivity index (χ4v) is 4.20. The monoisotopic (exact) mass is 447 g/mol. The molecule has 0 bridgehead atoms. The zero-order chi connectivity index (χ0) is 22.3. The second-order valence-corrected chi connectivity index (χ2v) is 8.42. The van der Waals surface area contributed by atoms with Gasteiger partial charge in [0.25, 0.3) is 5.56 Å². The van der Waals surface area contributed by atoms with Crippen molar-refractivity contribution < 1.29 is 9.53 Å². The summed E-state index contributed by atoms with van der Waals surface area (Å²) in [6, 6.07) is 20.9. The summed E-state index contributed by atoms with van der Waals surface area (Å²) in [5.74, 6) is 0.744. The minimum absolute atomic E-state index is 0.197. The molecule has 0 aliphatic heterocycles. The third-order valence-electron chi connectivity index (χ3n) is 5.07. The van der Waals surface area contributed by atoms with E-state index >= 15 is 0 Å². The number of aromatic amines is 1. The number of amides is 2. The Morgan fingerprint density at radius 1 is 1.06 bits per heavy atom. The van der Waals surface area contributed by atoms with E-state index in [0.717, 1.165) is 27.1 Å². The first-order chi connectivity index (χ1) is 15.6. The third kappa shape index (κ3) is 5.36. The molecular formula is C25H25N3O3S. The standard InChI is InChI=1S/C25H25N3O3S/c1-2-31-21-10-11-23-19(14-21)13-20(24(29)27-23)16-28(17-22-9-6-12-32-22)25(30)26-15-18-7-4-3-5-8-18/h3-14H,2,15-17H2,1H3,(H,26,30)(H,27,29). The van der Waals surface area contributed by atoms with Crippen LogP contribution in [0.2, 0.25) is 0 Å². The number of carbonyl (C=O) groups excluding carboxylic acids is 1. The maximum atomic E-state index is 13.0. The fraction of sp³-hybridized carbons (Fsp3) is 0.200. The molecule has 0 radical (unpaired) electrons. The Bertz CT molecular complexity index is 1240. The van der Waals surface area contributed by atoms with Crippen molar-refractivity contribution in [3.8, 4) is 5.75 Å². The second-order valence-electron chi connectivity index (χ2n) is 7.39. The predicted octanol–water partition coefficient (Wildman–Crippen LogP) is 4.90.